The summed E-state index contributed by atoms with van der Waals surface area (Å²) in [6, 6.07) is 10.5. The van der Waals surface area contributed by atoms with Crippen LogP contribution in [0.3, 0.4) is 0 Å². The topological polar surface area (TPSA) is 62.3 Å². The first kappa shape index (κ1) is 16.2. The zero-order valence-electron chi connectivity index (χ0n) is 12.6. The Kier molecular flexibility index (Phi) is 4.84. The number of piperidine rings is 1. The van der Waals surface area contributed by atoms with Gasteiger partial charge in [-0.1, -0.05) is 18.0 Å². The molecule has 0 saturated carbocycles. The van der Waals surface area contributed by atoms with Crippen LogP contribution in [0.5, 0.6) is 0 Å². The number of benzene rings is 1. The molecular weight excluding hydrogens is 334 g/mol. The van der Waals surface area contributed by atoms with Crippen LogP contribution in [0.4, 0.5) is 11.5 Å². The van der Waals surface area contributed by atoms with Crippen molar-refractivity contribution in [2.24, 2.45) is 0 Å². The highest BCUT2D eigenvalue weighted by Crippen LogP contribution is 2.22. The number of anilines is 2. The number of hydrogen-bond acceptors (Lipinski definition) is 4. The van der Waals surface area contributed by atoms with Crippen molar-refractivity contribution in [3.8, 4) is 0 Å². The van der Waals surface area contributed by atoms with E-state index in [2.05, 4.69) is 10.3 Å². The summed E-state index contributed by atoms with van der Waals surface area (Å²) in [6.45, 7) is 1.18. The summed E-state index contributed by atoms with van der Waals surface area (Å²) in [4.78, 5) is 4.44. The minimum absolute atomic E-state index is 0.237. The first-order chi connectivity index (χ1) is 11.1. The molecule has 1 aliphatic rings. The van der Waals surface area contributed by atoms with E-state index in [1.165, 1.54) is 6.20 Å². The highest BCUT2D eigenvalue weighted by atomic mass is 35.5. The van der Waals surface area contributed by atoms with Gasteiger partial charge in [0.05, 0.1) is 0 Å². The van der Waals surface area contributed by atoms with Crippen LogP contribution in [0.2, 0.25) is 5.02 Å². The lowest BCUT2D eigenvalue weighted by Gasteiger charge is -2.25. The van der Waals surface area contributed by atoms with Crippen LogP contribution in [0.15, 0.2) is 47.5 Å². The van der Waals surface area contributed by atoms with Crippen LogP contribution in [-0.4, -0.2) is 30.8 Å². The normalized spacial score (nSPS) is 16.2. The fourth-order valence-corrected chi connectivity index (χ4v) is 4.13. The Bertz CT molecular complexity index is 755. The van der Waals surface area contributed by atoms with Gasteiger partial charge in [0.25, 0.3) is 0 Å². The van der Waals surface area contributed by atoms with Gasteiger partial charge in [-0.05, 0) is 49.2 Å². The van der Waals surface area contributed by atoms with Crippen LogP contribution < -0.4 is 5.32 Å². The van der Waals surface area contributed by atoms with Crippen LogP contribution in [0.1, 0.15) is 19.3 Å². The van der Waals surface area contributed by atoms with E-state index < -0.39 is 10.0 Å². The van der Waals surface area contributed by atoms with Crippen molar-refractivity contribution in [1.82, 2.24) is 9.29 Å². The molecule has 1 aromatic heterocycles. The van der Waals surface area contributed by atoms with Gasteiger partial charge >= 0.3 is 0 Å². The van der Waals surface area contributed by atoms with E-state index in [0.29, 0.717) is 23.9 Å². The van der Waals surface area contributed by atoms with E-state index in [0.717, 1.165) is 24.9 Å². The van der Waals surface area contributed by atoms with Crippen LogP contribution in [-0.2, 0) is 10.0 Å². The molecule has 122 valence electrons. The van der Waals surface area contributed by atoms with Crippen molar-refractivity contribution < 1.29 is 8.42 Å². The second-order valence-electron chi connectivity index (χ2n) is 5.48. The van der Waals surface area contributed by atoms with Crippen LogP contribution >= 0.6 is 11.6 Å². The second kappa shape index (κ2) is 6.86. The monoisotopic (exact) mass is 351 g/mol. The van der Waals surface area contributed by atoms with E-state index in [9.17, 15) is 8.42 Å². The molecule has 0 unspecified atom stereocenters. The molecule has 0 atom stereocenters. The number of sulfonamides is 1. The summed E-state index contributed by atoms with van der Waals surface area (Å²) >= 11 is 5.84. The number of pyridine rings is 1. The molecule has 1 aromatic carbocycles. The Labute approximate surface area is 141 Å². The van der Waals surface area contributed by atoms with Gasteiger partial charge in [0.15, 0.2) is 0 Å². The molecule has 23 heavy (non-hydrogen) atoms. The van der Waals surface area contributed by atoms with Crippen molar-refractivity contribution in [3.63, 3.8) is 0 Å². The lowest BCUT2D eigenvalue weighted by atomic mass is 10.2. The van der Waals surface area contributed by atoms with E-state index in [1.54, 1.807) is 28.6 Å². The Morgan fingerprint density at radius 2 is 1.70 bits per heavy atom. The third-order valence-electron chi connectivity index (χ3n) is 3.81. The molecule has 5 nitrogen and oxygen atoms in total. The Hall–Kier alpha value is -1.63. The lowest BCUT2D eigenvalue weighted by Crippen LogP contribution is -2.35. The van der Waals surface area contributed by atoms with Crippen molar-refractivity contribution in [2.75, 3.05) is 18.4 Å². The molecule has 1 N–H and O–H groups in total. The maximum atomic E-state index is 12.5. The Morgan fingerprint density at radius 1 is 1.00 bits per heavy atom. The molecule has 0 amide bonds. The van der Waals surface area contributed by atoms with Gasteiger partial charge in [-0.25, -0.2) is 13.4 Å². The fourth-order valence-electron chi connectivity index (χ4n) is 2.54. The summed E-state index contributed by atoms with van der Waals surface area (Å²) in [7, 11) is -3.43. The molecule has 7 heteroatoms. The van der Waals surface area contributed by atoms with Gasteiger partial charge in [-0.2, -0.15) is 4.31 Å². The standard InChI is InChI=1S/C16H18ClN3O2S/c17-13-4-6-14(7-5-13)19-16-9-8-15(12-18-16)23(21,22)20-10-2-1-3-11-20/h4-9,12H,1-3,10-11H2,(H,18,19). The van der Waals surface area contributed by atoms with Gasteiger partial charge in [-0.15, -0.1) is 0 Å². The second-order valence-corrected chi connectivity index (χ2v) is 7.85. The average Bonchev–Trinajstić information content (AvgIpc) is 2.58. The zero-order valence-corrected chi connectivity index (χ0v) is 14.1. The number of aromatic nitrogens is 1. The predicted octanol–water partition coefficient (Wildman–Crippen LogP) is 3.65. The van der Waals surface area contributed by atoms with E-state index in [1.807, 2.05) is 12.1 Å². The SMILES string of the molecule is O=S(=O)(c1ccc(Nc2ccc(Cl)cc2)nc1)N1CCCCC1. The number of hydrogen-bond donors (Lipinski definition) is 1. The molecular formula is C16H18ClN3O2S. The summed E-state index contributed by atoms with van der Waals surface area (Å²) in [5.41, 5.74) is 0.841. The highest BCUT2D eigenvalue weighted by Gasteiger charge is 2.26. The minimum atomic E-state index is -3.43. The smallest absolute Gasteiger partial charge is 0.244 e. The molecule has 1 fully saturated rings. The number of halogens is 1. The molecule has 1 aliphatic heterocycles. The quantitative estimate of drug-likeness (QED) is 0.913. The van der Waals surface area contributed by atoms with Crippen molar-refractivity contribution in [2.45, 2.75) is 24.2 Å². The van der Waals surface area contributed by atoms with Crippen molar-refractivity contribution in [1.29, 1.82) is 0 Å². The average molecular weight is 352 g/mol. The van der Waals surface area contributed by atoms with E-state index in [-0.39, 0.29) is 4.90 Å². The molecule has 2 heterocycles. The van der Waals surface area contributed by atoms with E-state index >= 15 is 0 Å². The maximum absolute atomic E-state index is 12.5. The third-order valence-corrected chi connectivity index (χ3v) is 5.94. The lowest BCUT2D eigenvalue weighted by molar-refractivity contribution is 0.346. The third kappa shape index (κ3) is 3.83. The van der Waals surface area contributed by atoms with Gasteiger partial charge in [0, 0.05) is 30.0 Å². The van der Waals surface area contributed by atoms with Crippen LogP contribution in [0.25, 0.3) is 0 Å². The molecule has 0 radical (unpaired) electrons. The van der Waals surface area contributed by atoms with Crippen LogP contribution in [0, 0.1) is 0 Å². The molecule has 0 spiro atoms. The number of nitrogens with one attached hydrogen (secondary N) is 1. The first-order valence-electron chi connectivity index (χ1n) is 7.54. The van der Waals surface area contributed by atoms with E-state index in [4.69, 9.17) is 11.6 Å². The van der Waals surface area contributed by atoms with Crippen molar-refractivity contribution >= 4 is 33.1 Å². The predicted molar refractivity (Wildman–Crippen MR) is 91.6 cm³/mol. The molecule has 0 bridgehead atoms. The number of nitrogens with zero attached hydrogens (tertiary/aromatic N) is 2. The fraction of sp³-hybridized carbons (Fsp3) is 0.312. The van der Waals surface area contributed by atoms with Gasteiger partial charge in [-0.3, -0.25) is 0 Å². The summed E-state index contributed by atoms with van der Waals surface area (Å²) in [5, 5.41) is 3.77. The first-order valence-corrected chi connectivity index (χ1v) is 9.36. The zero-order chi connectivity index (χ0) is 16.3. The molecule has 3 rings (SSSR count). The largest absolute Gasteiger partial charge is 0.340 e. The maximum Gasteiger partial charge on any atom is 0.244 e. The minimum Gasteiger partial charge on any atom is -0.340 e. The Balaban J connectivity index is 1.74. The highest BCUT2D eigenvalue weighted by molar-refractivity contribution is 7.89. The van der Waals surface area contributed by atoms with Gasteiger partial charge in [0.2, 0.25) is 10.0 Å². The summed E-state index contributed by atoms with van der Waals surface area (Å²) in [5.74, 6) is 0.588. The Morgan fingerprint density at radius 3 is 2.30 bits per heavy atom. The van der Waals surface area contributed by atoms with Gasteiger partial charge in [0.1, 0.15) is 10.7 Å². The van der Waals surface area contributed by atoms with Crippen molar-refractivity contribution in [3.05, 3.63) is 47.6 Å². The molecule has 0 aliphatic carbocycles. The summed E-state index contributed by atoms with van der Waals surface area (Å²) in [6.07, 6.45) is 4.34. The summed E-state index contributed by atoms with van der Waals surface area (Å²) < 4.78 is 26.6. The molecule has 1 saturated heterocycles. The molecule has 2 aromatic rings. The number of rotatable bonds is 4. The van der Waals surface area contributed by atoms with Gasteiger partial charge < -0.3 is 5.32 Å².